The molecule has 1 heterocycles. The minimum absolute atomic E-state index is 0.102. The van der Waals surface area contributed by atoms with Crippen molar-refractivity contribution >= 4 is 34.7 Å². The quantitative estimate of drug-likeness (QED) is 0.503. The van der Waals surface area contributed by atoms with Crippen molar-refractivity contribution in [1.29, 1.82) is 0 Å². The van der Waals surface area contributed by atoms with Crippen molar-refractivity contribution < 1.29 is 9.72 Å². The lowest BCUT2D eigenvalue weighted by atomic mass is 10.3. The molecule has 0 radical (unpaired) electrons. The van der Waals surface area contributed by atoms with Crippen LogP contribution in [0, 0.1) is 10.1 Å². The van der Waals surface area contributed by atoms with Crippen LogP contribution in [0.2, 0.25) is 0 Å². The van der Waals surface area contributed by atoms with E-state index in [0.29, 0.717) is 0 Å². The molecule has 0 spiro atoms. The molecule has 102 valence electrons. The normalized spacial score (nSPS) is 10.4. The fraction of sp³-hybridized carbons (Fsp3) is 0. The van der Waals surface area contributed by atoms with Crippen molar-refractivity contribution in [3.8, 4) is 0 Å². The average molecular weight is 289 g/mol. The molecule has 1 amide bonds. The Bertz CT molecular complexity index is 638. The maximum atomic E-state index is 11.6. The first kappa shape index (κ1) is 13.8. The summed E-state index contributed by atoms with van der Waals surface area (Å²) in [6, 6.07) is 7.95. The van der Waals surface area contributed by atoms with Gasteiger partial charge in [0.2, 0.25) is 0 Å². The largest absolute Gasteiger partial charge is 0.294 e. The number of hydrogen-bond acceptors (Lipinski definition) is 5. The topological polar surface area (TPSA) is 84.3 Å². The van der Waals surface area contributed by atoms with Crippen LogP contribution in [0.25, 0.3) is 6.08 Å². The third kappa shape index (κ3) is 3.66. The third-order valence-corrected chi connectivity index (χ3v) is 3.09. The van der Waals surface area contributed by atoms with Crippen molar-refractivity contribution in [3.05, 3.63) is 62.8 Å². The average Bonchev–Trinajstić information content (AvgIpc) is 2.96. The number of amides is 1. The number of hydrazine groups is 1. The number of thiophene rings is 1. The zero-order valence-electron chi connectivity index (χ0n) is 10.3. The standard InChI is InChI=1S/C13H11N3O3S/c17-13(6-5-10-7-8-20-9-10)15-14-11-3-1-2-4-12(11)16(18)19/h1-9,14H,(H,15,17)/b6-5+. The van der Waals surface area contributed by atoms with Crippen LogP contribution < -0.4 is 10.9 Å². The minimum Gasteiger partial charge on any atom is -0.292 e. The second-order valence-corrected chi connectivity index (χ2v) is 4.56. The number of nitro groups is 1. The first-order valence-electron chi connectivity index (χ1n) is 5.66. The molecule has 7 heteroatoms. The van der Waals surface area contributed by atoms with Crippen LogP contribution >= 0.6 is 11.3 Å². The number of hydrogen-bond donors (Lipinski definition) is 2. The number of carbonyl (C=O) groups excluding carboxylic acids is 1. The lowest BCUT2D eigenvalue weighted by Gasteiger charge is -2.06. The van der Waals surface area contributed by atoms with Gasteiger partial charge in [0, 0.05) is 12.1 Å². The van der Waals surface area contributed by atoms with Gasteiger partial charge in [-0.15, -0.1) is 0 Å². The lowest BCUT2D eigenvalue weighted by Crippen LogP contribution is -2.27. The van der Waals surface area contributed by atoms with E-state index in [0.717, 1.165) is 5.56 Å². The van der Waals surface area contributed by atoms with Crippen LogP contribution in [0.1, 0.15) is 5.56 Å². The van der Waals surface area contributed by atoms with Gasteiger partial charge in [0.15, 0.2) is 0 Å². The highest BCUT2D eigenvalue weighted by Crippen LogP contribution is 2.22. The SMILES string of the molecule is O=C(/C=C/c1ccsc1)NNc1ccccc1[N+](=O)[O-]. The summed E-state index contributed by atoms with van der Waals surface area (Å²) in [5, 5.41) is 14.6. The molecule has 6 nitrogen and oxygen atoms in total. The molecular weight excluding hydrogens is 278 g/mol. The lowest BCUT2D eigenvalue weighted by molar-refractivity contribution is -0.384. The molecule has 1 aromatic heterocycles. The number of anilines is 1. The van der Waals surface area contributed by atoms with E-state index in [1.807, 2.05) is 16.8 Å². The minimum atomic E-state index is -0.518. The Morgan fingerprint density at radius 3 is 2.80 bits per heavy atom. The van der Waals surface area contributed by atoms with Crippen LogP contribution in [0.4, 0.5) is 11.4 Å². The van der Waals surface area contributed by atoms with Gasteiger partial charge < -0.3 is 0 Å². The highest BCUT2D eigenvalue weighted by atomic mass is 32.1. The maximum Gasteiger partial charge on any atom is 0.294 e. The summed E-state index contributed by atoms with van der Waals surface area (Å²) < 4.78 is 0. The molecule has 0 bridgehead atoms. The molecule has 0 unspecified atom stereocenters. The molecule has 20 heavy (non-hydrogen) atoms. The Hall–Kier alpha value is -2.67. The fourth-order valence-electron chi connectivity index (χ4n) is 1.45. The molecule has 2 rings (SSSR count). The molecule has 0 fully saturated rings. The Labute approximate surface area is 118 Å². The van der Waals surface area contributed by atoms with Gasteiger partial charge in [-0.1, -0.05) is 12.1 Å². The van der Waals surface area contributed by atoms with Crippen LogP contribution in [0.3, 0.4) is 0 Å². The van der Waals surface area contributed by atoms with Gasteiger partial charge in [0.25, 0.3) is 11.6 Å². The van der Waals surface area contributed by atoms with Crippen molar-refractivity contribution in [2.75, 3.05) is 5.43 Å². The van der Waals surface area contributed by atoms with Gasteiger partial charge in [-0.2, -0.15) is 11.3 Å². The van der Waals surface area contributed by atoms with E-state index >= 15 is 0 Å². The van der Waals surface area contributed by atoms with Crippen LogP contribution in [0.5, 0.6) is 0 Å². The molecule has 2 N–H and O–H groups in total. The number of nitrogens with zero attached hydrogens (tertiary/aromatic N) is 1. The van der Waals surface area contributed by atoms with E-state index in [2.05, 4.69) is 10.9 Å². The highest BCUT2D eigenvalue weighted by molar-refractivity contribution is 7.08. The first-order chi connectivity index (χ1) is 9.66. The predicted octanol–water partition coefficient (Wildman–Crippen LogP) is 2.81. The van der Waals surface area contributed by atoms with E-state index < -0.39 is 10.8 Å². The second kappa shape index (κ2) is 6.48. The molecular formula is C13H11N3O3S. The van der Waals surface area contributed by atoms with Crippen LogP contribution in [0.15, 0.2) is 47.2 Å². The highest BCUT2D eigenvalue weighted by Gasteiger charge is 2.11. The molecule has 1 aromatic carbocycles. The predicted molar refractivity (Wildman–Crippen MR) is 78.2 cm³/mol. The molecule has 0 saturated heterocycles. The van der Waals surface area contributed by atoms with Crippen molar-refractivity contribution in [2.45, 2.75) is 0 Å². The van der Waals surface area contributed by atoms with E-state index in [-0.39, 0.29) is 11.4 Å². The van der Waals surface area contributed by atoms with Crippen LogP contribution in [-0.4, -0.2) is 10.8 Å². The smallest absolute Gasteiger partial charge is 0.292 e. The first-order valence-corrected chi connectivity index (χ1v) is 6.61. The van der Waals surface area contributed by atoms with Gasteiger partial charge in [0.05, 0.1) is 4.92 Å². The molecule has 2 aromatic rings. The van der Waals surface area contributed by atoms with E-state index in [4.69, 9.17) is 0 Å². The molecule has 0 aliphatic rings. The number of nitro benzene ring substituents is 1. The Balaban J connectivity index is 1.95. The summed E-state index contributed by atoms with van der Waals surface area (Å²) in [5.74, 6) is -0.394. The van der Waals surface area contributed by atoms with E-state index in [1.54, 1.807) is 18.2 Å². The second-order valence-electron chi connectivity index (χ2n) is 3.78. The van der Waals surface area contributed by atoms with E-state index in [1.165, 1.54) is 29.5 Å². The molecule has 0 atom stereocenters. The number of rotatable bonds is 5. The van der Waals surface area contributed by atoms with Gasteiger partial charge >= 0.3 is 0 Å². The van der Waals surface area contributed by atoms with Gasteiger partial charge in [-0.25, -0.2) is 0 Å². The summed E-state index contributed by atoms with van der Waals surface area (Å²) in [6.45, 7) is 0. The molecule has 0 aliphatic heterocycles. The fourth-order valence-corrected chi connectivity index (χ4v) is 2.08. The van der Waals surface area contributed by atoms with Crippen molar-refractivity contribution in [1.82, 2.24) is 5.43 Å². The zero-order valence-corrected chi connectivity index (χ0v) is 11.1. The summed E-state index contributed by atoms with van der Waals surface area (Å²) in [6.07, 6.45) is 3.01. The molecule has 0 saturated carbocycles. The molecule has 0 aliphatic carbocycles. The summed E-state index contributed by atoms with van der Waals surface area (Å²) in [5.41, 5.74) is 5.97. The number of para-hydroxylation sites is 2. The third-order valence-electron chi connectivity index (χ3n) is 2.39. The van der Waals surface area contributed by atoms with Gasteiger partial charge in [0.1, 0.15) is 5.69 Å². The Morgan fingerprint density at radius 2 is 2.10 bits per heavy atom. The monoisotopic (exact) mass is 289 g/mol. The number of carbonyl (C=O) groups is 1. The Kier molecular flexibility index (Phi) is 4.46. The van der Waals surface area contributed by atoms with Gasteiger partial charge in [-0.05, 0) is 34.5 Å². The maximum absolute atomic E-state index is 11.6. The van der Waals surface area contributed by atoms with Crippen molar-refractivity contribution in [3.63, 3.8) is 0 Å². The van der Waals surface area contributed by atoms with Gasteiger partial charge in [-0.3, -0.25) is 25.8 Å². The zero-order chi connectivity index (χ0) is 14.4. The summed E-state index contributed by atoms with van der Waals surface area (Å²) >= 11 is 1.53. The Morgan fingerprint density at radius 1 is 1.30 bits per heavy atom. The number of nitrogens with one attached hydrogen (secondary N) is 2. The van der Waals surface area contributed by atoms with E-state index in [9.17, 15) is 14.9 Å². The van der Waals surface area contributed by atoms with Crippen LogP contribution in [-0.2, 0) is 4.79 Å². The number of benzene rings is 1. The summed E-state index contributed by atoms with van der Waals surface area (Å²) in [4.78, 5) is 21.8. The summed E-state index contributed by atoms with van der Waals surface area (Å²) in [7, 11) is 0. The van der Waals surface area contributed by atoms with Crippen molar-refractivity contribution in [2.24, 2.45) is 0 Å².